The summed E-state index contributed by atoms with van der Waals surface area (Å²) in [6, 6.07) is 0. The highest BCUT2D eigenvalue weighted by molar-refractivity contribution is 5.94. The third kappa shape index (κ3) is 13.2. The first-order valence-corrected chi connectivity index (χ1v) is 9.41. The summed E-state index contributed by atoms with van der Waals surface area (Å²) in [7, 11) is 6.63. The first-order chi connectivity index (χ1) is 12.1. The van der Waals surface area contributed by atoms with Crippen LogP contribution >= 0.6 is 0 Å². The fraction of sp³-hybridized carbons (Fsp3) is 0.850. The smallest absolute Gasteiger partial charge is 0.158 e. The van der Waals surface area contributed by atoms with E-state index in [1.807, 2.05) is 0 Å². The van der Waals surface area contributed by atoms with E-state index >= 15 is 0 Å². The standard InChI is InChI=1S/C20H38O5/c1-17(13-9-8-12-16-20(24-4)25-5)18(21)14-10-6-7-11-15-19(22-2)23-3/h19-20H,1,6-16H2,2-5H3. The minimum atomic E-state index is -0.118. The van der Waals surface area contributed by atoms with Crippen molar-refractivity contribution in [2.75, 3.05) is 28.4 Å². The van der Waals surface area contributed by atoms with E-state index in [0.29, 0.717) is 6.42 Å². The van der Waals surface area contributed by atoms with Crippen molar-refractivity contribution in [3.05, 3.63) is 12.2 Å². The van der Waals surface area contributed by atoms with Crippen LogP contribution in [0.15, 0.2) is 12.2 Å². The van der Waals surface area contributed by atoms with Gasteiger partial charge in [-0.1, -0.05) is 25.8 Å². The molecule has 0 aromatic rings. The highest BCUT2D eigenvalue weighted by Gasteiger charge is 2.08. The average molecular weight is 359 g/mol. The predicted octanol–water partition coefficient (Wildman–Crippen LogP) is 4.64. The van der Waals surface area contributed by atoms with Crippen LogP contribution in [0, 0.1) is 0 Å². The molecule has 0 rings (SSSR count). The molecule has 0 bridgehead atoms. The highest BCUT2D eigenvalue weighted by Crippen LogP contribution is 2.15. The second kappa shape index (κ2) is 16.7. The van der Waals surface area contributed by atoms with Crippen molar-refractivity contribution in [2.45, 2.75) is 83.2 Å². The van der Waals surface area contributed by atoms with Crippen molar-refractivity contribution in [1.82, 2.24) is 0 Å². The van der Waals surface area contributed by atoms with E-state index in [1.165, 1.54) is 0 Å². The Hall–Kier alpha value is -0.750. The topological polar surface area (TPSA) is 54.0 Å². The molecule has 0 amide bonds. The van der Waals surface area contributed by atoms with Gasteiger partial charge >= 0.3 is 0 Å². The van der Waals surface area contributed by atoms with Crippen LogP contribution < -0.4 is 0 Å². The van der Waals surface area contributed by atoms with E-state index < -0.39 is 0 Å². The molecule has 0 fully saturated rings. The van der Waals surface area contributed by atoms with Gasteiger partial charge in [0.1, 0.15) is 0 Å². The van der Waals surface area contributed by atoms with Gasteiger partial charge in [-0.15, -0.1) is 0 Å². The Morgan fingerprint density at radius 1 is 0.680 bits per heavy atom. The number of ether oxygens (including phenoxy) is 4. The fourth-order valence-corrected chi connectivity index (χ4v) is 2.76. The van der Waals surface area contributed by atoms with Crippen LogP contribution in [0.5, 0.6) is 0 Å². The van der Waals surface area contributed by atoms with Crippen LogP contribution in [0.3, 0.4) is 0 Å². The molecule has 0 saturated carbocycles. The zero-order valence-electron chi connectivity index (χ0n) is 16.7. The molecule has 0 spiro atoms. The van der Waals surface area contributed by atoms with Crippen LogP contribution in [0.2, 0.25) is 0 Å². The summed E-state index contributed by atoms with van der Waals surface area (Å²) < 4.78 is 20.6. The number of Topliss-reactive ketones (excluding diaryl/α,β-unsaturated/α-hetero) is 1. The quantitative estimate of drug-likeness (QED) is 0.203. The van der Waals surface area contributed by atoms with Gasteiger partial charge in [0.25, 0.3) is 0 Å². The maximum Gasteiger partial charge on any atom is 0.158 e. The molecule has 0 heterocycles. The Morgan fingerprint density at radius 2 is 1.08 bits per heavy atom. The van der Waals surface area contributed by atoms with Crippen molar-refractivity contribution in [2.24, 2.45) is 0 Å². The molecule has 5 nitrogen and oxygen atoms in total. The van der Waals surface area contributed by atoms with Gasteiger partial charge in [0.05, 0.1) is 0 Å². The molecule has 0 radical (unpaired) electrons. The molecule has 0 aromatic heterocycles. The number of methoxy groups -OCH3 is 4. The summed E-state index contributed by atoms with van der Waals surface area (Å²) in [5, 5.41) is 0. The molecule has 0 N–H and O–H groups in total. The van der Waals surface area contributed by atoms with Gasteiger partial charge in [-0.3, -0.25) is 4.79 Å². The van der Waals surface area contributed by atoms with Crippen molar-refractivity contribution in [3.63, 3.8) is 0 Å². The molecule has 25 heavy (non-hydrogen) atoms. The summed E-state index contributed by atoms with van der Waals surface area (Å²) in [4.78, 5) is 12.1. The minimum absolute atomic E-state index is 0.107. The van der Waals surface area contributed by atoms with Crippen molar-refractivity contribution >= 4 is 5.78 Å². The predicted molar refractivity (Wildman–Crippen MR) is 101 cm³/mol. The number of rotatable bonds is 18. The largest absolute Gasteiger partial charge is 0.356 e. The summed E-state index contributed by atoms with van der Waals surface area (Å²) in [5.74, 6) is 0.221. The van der Waals surface area contributed by atoms with Gasteiger partial charge in [0.15, 0.2) is 18.4 Å². The second-order valence-corrected chi connectivity index (χ2v) is 6.38. The Bertz CT molecular complexity index is 335. The Balaban J connectivity index is 3.58. The minimum Gasteiger partial charge on any atom is -0.356 e. The lowest BCUT2D eigenvalue weighted by Crippen LogP contribution is -2.12. The molecule has 0 saturated heterocycles. The van der Waals surface area contributed by atoms with Gasteiger partial charge in [-0.2, -0.15) is 0 Å². The second-order valence-electron chi connectivity index (χ2n) is 6.38. The van der Waals surface area contributed by atoms with Gasteiger partial charge in [0.2, 0.25) is 0 Å². The lowest BCUT2D eigenvalue weighted by Gasteiger charge is -2.13. The molecular formula is C20H38O5. The van der Waals surface area contributed by atoms with E-state index in [2.05, 4.69) is 6.58 Å². The highest BCUT2D eigenvalue weighted by atomic mass is 16.7. The SMILES string of the molecule is C=C(CCCCCC(OC)OC)C(=O)CCCCCCC(OC)OC. The zero-order chi connectivity index (χ0) is 18.9. The van der Waals surface area contributed by atoms with Crippen molar-refractivity contribution in [1.29, 1.82) is 0 Å². The average Bonchev–Trinajstić information content (AvgIpc) is 2.63. The summed E-state index contributed by atoms with van der Waals surface area (Å²) in [6.45, 7) is 3.95. The van der Waals surface area contributed by atoms with Crippen LogP contribution in [0.4, 0.5) is 0 Å². The molecule has 0 unspecified atom stereocenters. The first-order valence-electron chi connectivity index (χ1n) is 9.41. The maximum absolute atomic E-state index is 12.1. The van der Waals surface area contributed by atoms with E-state index in [4.69, 9.17) is 18.9 Å². The third-order valence-electron chi connectivity index (χ3n) is 4.46. The van der Waals surface area contributed by atoms with Crippen LogP contribution in [0.25, 0.3) is 0 Å². The lowest BCUT2D eigenvalue weighted by atomic mass is 10.00. The van der Waals surface area contributed by atoms with Gasteiger partial charge < -0.3 is 18.9 Å². The van der Waals surface area contributed by atoms with E-state index in [1.54, 1.807) is 28.4 Å². The summed E-state index contributed by atoms with van der Waals surface area (Å²) >= 11 is 0. The maximum atomic E-state index is 12.1. The summed E-state index contributed by atoms with van der Waals surface area (Å²) in [5.41, 5.74) is 0.772. The van der Waals surface area contributed by atoms with Crippen molar-refractivity contribution in [3.8, 4) is 0 Å². The van der Waals surface area contributed by atoms with Gasteiger partial charge in [-0.05, 0) is 50.5 Å². The van der Waals surface area contributed by atoms with Crippen LogP contribution in [-0.4, -0.2) is 46.8 Å². The van der Waals surface area contributed by atoms with E-state index in [9.17, 15) is 4.79 Å². The number of ketones is 1. The zero-order valence-corrected chi connectivity index (χ0v) is 16.7. The molecule has 0 aromatic carbocycles. The van der Waals surface area contributed by atoms with E-state index in [0.717, 1.165) is 69.8 Å². The molecule has 5 heteroatoms. The molecule has 0 aliphatic heterocycles. The Kier molecular flexibility index (Phi) is 16.2. The number of hydrogen-bond acceptors (Lipinski definition) is 5. The van der Waals surface area contributed by atoms with Gasteiger partial charge in [-0.25, -0.2) is 0 Å². The van der Waals surface area contributed by atoms with Crippen LogP contribution in [0.1, 0.15) is 70.6 Å². The number of allylic oxidation sites excluding steroid dienone is 1. The first kappa shape index (κ1) is 24.2. The Labute approximate surface area is 154 Å². The number of unbranched alkanes of at least 4 members (excludes halogenated alkanes) is 5. The third-order valence-corrected chi connectivity index (χ3v) is 4.46. The lowest BCUT2D eigenvalue weighted by molar-refractivity contribution is -0.116. The van der Waals surface area contributed by atoms with Crippen LogP contribution in [-0.2, 0) is 23.7 Å². The normalized spacial score (nSPS) is 11.4. The number of carbonyl (C=O) groups is 1. The molecule has 148 valence electrons. The fourth-order valence-electron chi connectivity index (χ4n) is 2.76. The monoisotopic (exact) mass is 358 g/mol. The number of carbonyl (C=O) groups excluding carboxylic acids is 1. The molecule has 0 aliphatic carbocycles. The molecular weight excluding hydrogens is 320 g/mol. The molecule has 0 aliphatic rings. The molecule has 0 atom stereocenters. The summed E-state index contributed by atoms with van der Waals surface area (Å²) in [6.07, 6.45) is 10.3. The van der Waals surface area contributed by atoms with Crippen molar-refractivity contribution < 1.29 is 23.7 Å². The van der Waals surface area contributed by atoms with E-state index in [-0.39, 0.29) is 18.4 Å². The van der Waals surface area contributed by atoms with Gasteiger partial charge in [0, 0.05) is 34.9 Å². The number of hydrogen-bond donors (Lipinski definition) is 0. The Morgan fingerprint density at radius 3 is 1.56 bits per heavy atom.